The lowest BCUT2D eigenvalue weighted by molar-refractivity contribution is 0.108. The van der Waals surface area contributed by atoms with Gasteiger partial charge in [0, 0.05) is 6.04 Å². The normalized spacial score (nSPS) is 24.4. The number of halogens is 1. The van der Waals surface area contributed by atoms with Crippen LogP contribution in [0.2, 0.25) is 0 Å². The summed E-state index contributed by atoms with van der Waals surface area (Å²) in [7, 11) is 1.68. The van der Waals surface area contributed by atoms with E-state index in [1.54, 1.807) is 7.11 Å². The van der Waals surface area contributed by atoms with E-state index in [0.717, 1.165) is 42.5 Å². The molecule has 2 N–H and O–H groups in total. The first-order chi connectivity index (χ1) is 9.60. The number of methoxy groups -OCH3 is 1. The molecule has 4 heteroatoms. The Morgan fingerprint density at radius 2 is 2.05 bits per heavy atom. The number of aliphatic hydroxyl groups is 1. The molecule has 20 heavy (non-hydrogen) atoms. The monoisotopic (exact) mass is 341 g/mol. The second-order valence-electron chi connectivity index (χ2n) is 5.70. The van der Waals surface area contributed by atoms with Crippen LogP contribution in [0.1, 0.15) is 44.2 Å². The van der Waals surface area contributed by atoms with Gasteiger partial charge in [-0.25, -0.2) is 0 Å². The Kier molecular flexibility index (Phi) is 5.87. The summed E-state index contributed by atoms with van der Waals surface area (Å²) >= 11 is 3.53. The van der Waals surface area contributed by atoms with Crippen molar-refractivity contribution in [1.82, 2.24) is 5.32 Å². The topological polar surface area (TPSA) is 41.5 Å². The summed E-state index contributed by atoms with van der Waals surface area (Å²) in [5.41, 5.74) is 1.26. The van der Waals surface area contributed by atoms with E-state index in [1.165, 1.54) is 5.56 Å². The van der Waals surface area contributed by atoms with Crippen molar-refractivity contribution in [2.24, 2.45) is 5.92 Å². The number of benzene rings is 1. The second-order valence-corrected chi connectivity index (χ2v) is 6.55. The van der Waals surface area contributed by atoms with Gasteiger partial charge < -0.3 is 15.2 Å². The van der Waals surface area contributed by atoms with E-state index in [1.807, 2.05) is 6.07 Å². The van der Waals surface area contributed by atoms with Crippen molar-refractivity contribution in [1.29, 1.82) is 0 Å². The molecule has 1 atom stereocenters. The van der Waals surface area contributed by atoms with Gasteiger partial charge in [0.05, 0.1) is 17.7 Å². The van der Waals surface area contributed by atoms with Crippen LogP contribution >= 0.6 is 15.9 Å². The summed E-state index contributed by atoms with van der Waals surface area (Å²) in [6.07, 6.45) is 4.10. The Labute approximate surface area is 129 Å². The van der Waals surface area contributed by atoms with Crippen molar-refractivity contribution < 1.29 is 9.84 Å². The number of nitrogens with one attached hydrogen (secondary N) is 1. The van der Waals surface area contributed by atoms with Crippen molar-refractivity contribution in [3.63, 3.8) is 0 Å². The molecular weight excluding hydrogens is 318 g/mol. The third kappa shape index (κ3) is 4.21. The first-order valence-corrected chi connectivity index (χ1v) is 8.14. The van der Waals surface area contributed by atoms with Crippen molar-refractivity contribution in [3.8, 4) is 5.75 Å². The van der Waals surface area contributed by atoms with Crippen LogP contribution in [0.3, 0.4) is 0 Å². The molecule has 0 aromatic heterocycles. The highest BCUT2D eigenvalue weighted by atomic mass is 79.9. The molecule has 0 radical (unpaired) electrons. The maximum absolute atomic E-state index is 9.52. The molecule has 0 aliphatic heterocycles. The average Bonchev–Trinajstić information content (AvgIpc) is 2.46. The summed E-state index contributed by atoms with van der Waals surface area (Å²) in [6, 6.07) is 6.53. The van der Waals surface area contributed by atoms with Gasteiger partial charge in [-0.05, 0) is 78.7 Å². The van der Waals surface area contributed by atoms with Gasteiger partial charge in [0.2, 0.25) is 0 Å². The molecule has 1 saturated carbocycles. The minimum atomic E-state index is -0.0683. The Balaban J connectivity index is 1.85. The van der Waals surface area contributed by atoms with Gasteiger partial charge in [0.15, 0.2) is 0 Å². The van der Waals surface area contributed by atoms with Crippen LogP contribution in [0.15, 0.2) is 22.7 Å². The number of rotatable bonds is 5. The fraction of sp³-hybridized carbons (Fsp3) is 0.625. The van der Waals surface area contributed by atoms with E-state index >= 15 is 0 Å². The largest absolute Gasteiger partial charge is 0.496 e. The Morgan fingerprint density at radius 1 is 1.35 bits per heavy atom. The van der Waals surface area contributed by atoms with Crippen molar-refractivity contribution in [2.75, 3.05) is 13.7 Å². The Bertz CT molecular complexity index is 430. The van der Waals surface area contributed by atoms with E-state index in [-0.39, 0.29) is 6.10 Å². The van der Waals surface area contributed by atoms with Crippen molar-refractivity contribution >= 4 is 15.9 Å². The van der Waals surface area contributed by atoms with Gasteiger partial charge in [0.1, 0.15) is 5.75 Å². The summed E-state index contributed by atoms with van der Waals surface area (Å²) < 4.78 is 6.25. The van der Waals surface area contributed by atoms with Gasteiger partial charge in [0.25, 0.3) is 0 Å². The molecule has 3 nitrogen and oxygen atoms in total. The third-order valence-electron chi connectivity index (χ3n) is 4.20. The highest BCUT2D eigenvalue weighted by molar-refractivity contribution is 9.10. The molecule has 2 rings (SSSR count). The van der Waals surface area contributed by atoms with E-state index < -0.39 is 0 Å². The molecule has 112 valence electrons. The molecule has 1 aromatic carbocycles. The van der Waals surface area contributed by atoms with Gasteiger partial charge >= 0.3 is 0 Å². The molecule has 0 spiro atoms. The minimum Gasteiger partial charge on any atom is -0.496 e. The number of hydrogen-bond donors (Lipinski definition) is 2. The van der Waals surface area contributed by atoms with Crippen LogP contribution in [0.25, 0.3) is 0 Å². The lowest BCUT2D eigenvalue weighted by Gasteiger charge is -2.27. The Hall–Kier alpha value is -0.580. The zero-order valence-corrected chi connectivity index (χ0v) is 13.8. The predicted octanol–water partition coefficient (Wildman–Crippen LogP) is 3.66. The van der Waals surface area contributed by atoms with E-state index in [4.69, 9.17) is 4.74 Å². The van der Waals surface area contributed by atoms with Crippen LogP contribution in [0.4, 0.5) is 0 Å². The molecule has 1 unspecified atom stereocenters. The molecule has 1 aliphatic rings. The maximum Gasteiger partial charge on any atom is 0.133 e. The van der Waals surface area contributed by atoms with Crippen molar-refractivity contribution in [3.05, 3.63) is 28.2 Å². The molecule has 1 aromatic rings. The first-order valence-electron chi connectivity index (χ1n) is 7.35. The molecular formula is C16H24BrNO2. The Morgan fingerprint density at radius 3 is 2.65 bits per heavy atom. The fourth-order valence-corrected chi connectivity index (χ4v) is 3.32. The van der Waals surface area contributed by atoms with E-state index in [9.17, 15) is 5.11 Å². The summed E-state index contributed by atoms with van der Waals surface area (Å²) in [4.78, 5) is 0. The molecule has 0 heterocycles. The van der Waals surface area contributed by atoms with Crippen LogP contribution in [0.5, 0.6) is 5.75 Å². The van der Waals surface area contributed by atoms with Crippen LogP contribution in [0, 0.1) is 5.92 Å². The number of hydrogen-bond acceptors (Lipinski definition) is 3. The van der Waals surface area contributed by atoms with Gasteiger partial charge in [-0.1, -0.05) is 6.07 Å². The summed E-state index contributed by atoms with van der Waals surface area (Å²) in [6.45, 7) is 3.21. The van der Waals surface area contributed by atoms with Gasteiger partial charge in [-0.3, -0.25) is 0 Å². The SMILES string of the molecule is COc1ccc(C(C)NCC2CCC(O)CC2)cc1Br. The van der Waals surface area contributed by atoms with Crippen LogP contribution in [-0.2, 0) is 0 Å². The zero-order valence-electron chi connectivity index (χ0n) is 12.2. The molecule has 0 saturated heterocycles. The van der Waals surface area contributed by atoms with E-state index in [0.29, 0.717) is 12.0 Å². The summed E-state index contributed by atoms with van der Waals surface area (Å²) in [5.74, 6) is 1.56. The molecule has 0 bridgehead atoms. The first kappa shape index (κ1) is 15.8. The van der Waals surface area contributed by atoms with Crippen LogP contribution in [-0.4, -0.2) is 24.9 Å². The predicted molar refractivity (Wildman–Crippen MR) is 85.1 cm³/mol. The van der Waals surface area contributed by atoms with Crippen LogP contribution < -0.4 is 10.1 Å². The maximum atomic E-state index is 9.52. The number of ether oxygens (including phenoxy) is 1. The number of aliphatic hydroxyl groups excluding tert-OH is 1. The van der Waals surface area contributed by atoms with Crippen molar-refractivity contribution in [2.45, 2.75) is 44.8 Å². The van der Waals surface area contributed by atoms with E-state index in [2.05, 4.69) is 40.3 Å². The third-order valence-corrected chi connectivity index (χ3v) is 4.82. The molecule has 0 amide bonds. The standard InChI is InChI=1S/C16H24BrNO2/c1-11(13-5-8-16(20-2)15(17)9-13)18-10-12-3-6-14(19)7-4-12/h5,8-9,11-12,14,18-19H,3-4,6-7,10H2,1-2H3. The molecule has 1 aliphatic carbocycles. The quantitative estimate of drug-likeness (QED) is 0.858. The molecule has 1 fully saturated rings. The van der Waals surface area contributed by atoms with Gasteiger partial charge in [-0.15, -0.1) is 0 Å². The van der Waals surface area contributed by atoms with Gasteiger partial charge in [-0.2, -0.15) is 0 Å². The summed E-state index contributed by atoms with van der Waals surface area (Å²) in [5, 5.41) is 13.1. The minimum absolute atomic E-state index is 0.0683. The lowest BCUT2D eigenvalue weighted by Crippen LogP contribution is -2.29. The highest BCUT2D eigenvalue weighted by Gasteiger charge is 2.19. The smallest absolute Gasteiger partial charge is 0.133 e. The fourth-order valence-electron chi connectivity index (χ4n) is 2.76. The zero-order chi connectivity index (χ0) is 14.5. The average molecular weight is 342 g/mol. The lowest BCUT2D eigenvalue weighted by atomic mass is 9.87. The second kappa shape index (κ2) is 7.43. The highest BCUT2D eigenvalue weighted by Crippen LogP contribution is 2.28.